The summed E-state index contributed by atoms with van der Waals surface area (Å²) in [5, 5.41) is 6.37. The van der Waals surface area contributed by atoms with Gasteiger partial charge in [-0.15, -0.1) is 0 Å². The highest BCUT2D eigenvalue weighted by Gasteiger charge is 2.22. The molecule has 1 atom stereocenters. The summed E-state index contributed by atoms with van der Waals surface area (Å²) in [5.41, 5.74) is 3.39. The second-order valence-electron chi connectivity index (χ2n) is 8.18. The second kappa shape index (κ2) is 10.7. The van der Waals surface area contributed by atoms with Crippen molar-refractivity contribution in [3.05, 3.63) is 90.0 Å². The summed E-state index contributed by atoms with van der Waals surface area (Å²) < 4.78 is 5.27. The summed E-state index contributed by atoms with van der Waals surface area (Å²) in [7, 11) is 1.60. The third kappa shape index (κ3) is 5.92. The zero-order valence-corrected chi connectivity index (χ0v) is 18.8. The lowest BCUT2D eigenvalue weighted by Crippen LogP contribution is -2.34. The van der Waals surface area contributed by atoms with E-state index in [1.54, 1.807) is 13.2 Å². The van der Waals surface area contributed by atoms with E-state index in [4.69, 9.17) is 4.74 Å². The fraction of sp³-hybridized carbons (Fsp3) is 0.259. The maximum absolute atomic E-state index is 13.3. The number of ether oxygens (including phenoxy) is 1. The molecule has 0 aliphatic carbocycles. The Bertz CT molecular complexity index is 1100. The minimum absolute atomic E-state index is 0.175. The molecule has 0 saturated carbocycles. The van der Waals surface area contributed by atoms with Gasteiger partial charge in [-0.3, -0.25) is 9.59 Å². The molecule has 0 bridgehead atoms. The lowest BCUT2D eigenvalue weighted by Gasteiger charge is -2.27. The van der Waals surface area contributed by atoms with E-state index in [1.807, 2.05) is 77.7 Å². The number of hydrogen-bond donors (Lipinski definition) is 2. The van der Waals surface area contributed by atoms with Crippen LogP contribution in [0.3, 0.4) is 0 Å². The van der Waals surface area contributed by atoms with Gasteiger partial charge in [0, 0.05) is 37.0 Å². The molecule has 1 aliphatic rings. The van der Waals surface area contributed by atoms with Crippen molar-refractivity contribution in [3.63, 3.8) is 0 Å². The number of likely N-dealkylation sites (tertiary alicyclic amines) is 1. The number of anilines is 2. The average molecular weight is 444 g/mol. The molecule has 2 N–H and O–H groups in total. The Hall–Kier alpha value is -3.80. The standard InChI is InChI=1S/C27H29N3O3/c1-33-24-14-8-13-23(18-24)29-27(32)26(21-10-3-2-4-11-21)28-22-12-7-9-20(17-22)19-30-16-6-5-15-25(30)31/h2-4,7-14,17-18,26,28H,5-6,15-16,19H2,1H3,(H,29,32). The van der Waals surface area contributed by atoms with Gasteiger partial charge in [-0.25, -0.2) is 0 Å². The van der Waals surface area contributed by atoms with Gasteiger partial charge in [0.2, 0.25) is 5.91 Å². The van der Waals surface area contributed by atoms with E-state index in [-0.39, 0.29) is 11.8 Å². The Kier molecular flexibility index (Phi) is 7.25. The maximum Gasteiger partial charge on any atom is 0.251 e. The van der Waals surface area contributed by atoms with Crippen LogP contribution in [0.4, 0.5) is 11.4 Å². The van der Waals surface area contributed by atoms with Crippen molar-refractivity contribution >= 4 is 23.2 Å². The highest BCUT2D eigenvalue weighted by atomic mass is 16.5. The van der Waals surface area contributed by atoms with Gasteiger partial charge >= 0.3 is 0 Å². The van der Waals surface area contributed by atoms with Crippen molar-refractivity contribution in [2.75, 3.05) is 24.3 Å². The number of hydrogen-bond acceptors (Lipinski definition) is 4. The van der Waals surface area contributed by atoms with Crippen LogP contribution in [0.2, 0.25) is 0 Å². The van der Waals surface area contributed by atoms with Crippen LogP contribution in [0.1, 0.15) is 36.4 Å². The van der Waals surface area contributed by atoms with E-state index in [9.17, 15) is 9.59 Å². The predicted octanol–water partition coefficient (Wildman–Crippen LogP) is 5.00. The lowest BCUT2D eigenvalue weighted by molar-refractivity contribution is -0.133. The van der Waals surface area contributed by atoms with Gasteiger partial charge in [0.1, 0.15) is 11.8 Å². The Labute approximate surface area is 194 Å². The average Bonchev–Trinajstić information content (AvgIpc) is 2.85. The molecule has 1 fully saturated rings. The zero-order valence-electron chi connectivity index (χ0n) is 18.8. The Balaban J connectivity index is 1.53. The molecule has 3 aromatic rings. The van der Waals surface area contributed by atoms with Crippen LogP contribution >= 0.6 is 0 Å². The predicted molar refractivity (Wildman–Crippen MR) is 130 cm³/mol. The van der Waals surface area contributed by atoms with Gasteiger partial charge in [0.15, 0.2) is 0 Å². The first kappa shape index (κ1) is 22.4. The summed E-state index contributed by atoms with van der Waals surface area (Å²) in [6.45, 7) is 1.38. The molecule has 0 radical (unpaired) electrons. The van der Waals surface area contributed by atoms with Crippen LogP contribution in [0.15, 0.2) is 78.9 Å². The Morgan fingerprint density at radius 1 is 0.970 bits per heavy atom. The maximum atomic E-state index is 13.3. The zero-order chi connectivity index (χ0) is 23.0. The number of piperidine rings is 1. The first-order chi connectivity index (χ1) is 16.1. The number of rotatable bonds is 8. The number of nitrogens with zero attached hydrogens (tertiary/aromatic N) is 1. The number of amides is 2. The normalized spacial score (nSPS) is 14.5. The fourth-order valence-electron chi connectivity index (χ4n) is 4.04. The molecule has 2 amide bonds. The van der Waals surface area contributed by atoms with Gasteiger partial charge in [-0.1, -0.05) is 48.5 Å². The van der Waals surface area contributed by atoms with E-state index in [0.717, 1.165) is 36.2 Å². The lowest BCUT2D eigenvalue weighted by atomic mass is 10.0. The summed E-state index contributed by atoms with van der Waals surface area (Å²) in [6, 6.07) is 24.2. The molecular formula is C27H29N3O3. The van der Waals surface area contributed by atoms with E-state index in [0.29, 0.717) is 24.4 Å². The number of carbonyl (C=O) groups excluding carboxylic acids is 2. The molecule has 1 aliphatic heterocycles. The molecular weight excluding hydrogens is 414 g/mol. The summed E-state index contributed by atoms with van der Waals surface area (Å²) in [6.07, 6.45) is 2.64. The third-order valence-electron chi connectivity index (χ3n) is 5.77. The highest BCUT2D eigenvalue weighted by molar-refractivity contribution is 5.97. The second-order valence-corrected chi connectivity index (χ2v) is 8.18. The van der Waals surface area contributed by atoms with Crippen LogP contribution in [0, 0.1) is 0 Å². The van der Waals surface area contributed by atoms with E-state index >= 15 is 0 Å². The Morgan fingerprint density at radius 2 is 1.76 bits per heavy atom. The minimum atomic E-state index is -0.593. The van der Waals surface area contributed by atoms with Gasteiger partial charge in [0.25, 0.3) is 5.91 Å². The molecule has 3 aromatic carbocycles. The van der Waals surface area contributed by atoms with E-state index in [2.05, 4.69) is 10.6 Å². The number of nitrogens with one attached hydrogen (secondary N) is 2. The highest BCUT2D eigenvalue weighted by Crippen LogP contribution is 2.25. The van der Waals surface area contributed by atoms with Crippen LogP contribution in [0.5, 0.6) is 5.75 Å². The minimum Gasteiger partial charge on any atom is -0.497 e. The number of methoxy groups -OCH3 is 1. The van der Waals surface area contributed by atoms with Gasteiger partial charge in [0.05, 0.1) is 7.11 Å². The van der Waals surface area contributed by atoms with Crippen LogP contribution < -0.4 is 15.4 Å². The van der Waals surface area contributed by atoms with Crippen molar-refractivity contribution < 1.29 is 14.3 Å². The molecule has 4 rings (SSSR count). The number of carbonyl (C=O) groups is 2. The molecule has 6 nitrogen and oxygen atoms in total. The van der Waals surface area contributed by atoms with Crippen LogP contribution in [-0.2, 0) is 16.1 Å². The summed E-state index contributed by atoms with van der Waals surface area (Å²) >= 11 is 0. The first-order valence-electron chi connectivity index (χ1n) is 11.3. The first-order valence-corrected chi connectivity index (χ1v) is 11.3. The summed E-state index contributed by atoms with van der Waals surface area (Å²) in [5.74, 6) is 0.711. The van der Waals surface area contributed by atoms with E-state index in [1.165, 1.54) is 0 Å². The summed E-state index contributed by atoms with van der Waals surface area (Å²) in [4.78, 5) is 27.4. The number of benzene rings is 3. The van der Waals surface area contributed by atoms with Crippen molar-refractivity contribution in [3.8, 4) is 5.75 Å². The molecule has 1 unspecified atom stereocenters. The van der Waals surface area contributed by atoms with Gasteiger partial charge < -0.3 is 20.3 Å². The SMILES string of the molecule is COc1cccc(NC(=O)C(Nc2cccc(CN3CCCCC3=O)c2)c2ccccc2)c1. The largest absolute Gasteiger partial charge is 0.497 e. The van der Waals surface area contributed by atoms with Crippen molar-refractivity contribution in [1.29, 1.82) is 0 Å². The molecule has 33 heavy (non-hydrogen) atoms. The molecule has 1 heterocycles. The molecule has 170 valence electrons. The van der Waals surface area contributed by atoms with Crippen LogP contribution in [-0.4, -0.2) is 30.4 Å². The van der Waals surface area contributed by atoms with E-state index < -0.39 is 6.04 Å². The fourth-order valence-corrected chi connectivity index (χ4v) is 4.04. The monoisotopic (exact) mass is 443 g/mol. The molecule has 6 heteroatoms. The van der Waals surface area contributed by atoms with Crippen LogP contribution in [0.25, 0.3) is 0 Å². The molecule has 0 spiro atoms. The quantitative estimate of drug-likeness (QED) is 0.514. The molecule has 0 aromatic heterocycles. The van der Waals surface area contributed by atoms with Gasteiger partial charge in [-0.2, -0.15) is 0 Å². The van der Waals surface area contributed by atoms with Crippen molar-refractivity contribution in [2.45, 2.75) is 31.8 Å². The van der Waals surface area contributed by atoms with Crippen molar-refractivity contribution in [1.82, 2.24) is 4.90 Å². The topological polar surface area (TPSA) is 70.7 Å². The van der Waals surface area contributed by atoms with Gasteiger partial charge in [-0.05, 0) is 48.2 Å². The Morgan fingerprint density at radius 3 is 2.55 bits per heavy atom. The van der Waals surface area contributed by atoms with Crippen molar-refractivity contribution in [2.24, 2.45) is 0 Å². The smallest absolute Gasteiger partial charge is 0.251 e. The third-order valence-corrected chi connectivity index (χ3v) is 5.77. The molecule has 1 saturated heterocycles.